The van der Waals surface area contributed by atoms with Crippen molar-refractivity contribution in [3.63, 3.8) is 0 Å². The van der Waals surface area contributed by atoms with Gasteiger partial charge < -0.3 is 4.90 Å². The van der Waals surface area contributed by atoms with Crippen LogP contribution >= 0.6 is 0 Å². The molecule has 1 aliphatic heterocycles. The molecule has 1 heterocycles. The average Bonchev–Trinajstić information content (AvgIpc) is 2.49. The second-order valence-corrected chi connectivity index (χ2v) is 4.09. The quantitative estimate of drug-likeness (QED) is 0.774. The van der Waals surface area contributed by atoms with Crippen LogP contribution in [0.2, 0.25) is 0 Å². The highest BCUT2D eigenvalue weighted by molar-refractivity contribution is 5.68. The predicted molar refractivity (Wildman–Crippen MR) is 73.2 cm³/mol. The number of hydrogen-bond acceptors (Lipinski definition) is 3. The van der Waals surface area contributed by atoms with Crippen LogP contribution in [0.3, 0.4) is 0 Å². The number of piperidine rings is 1. The van der Waals surface area contributed by atoms with Crippen LogP contribution in [0.5, 0.6) is 0 Å². The molecule has 0 N–H and O–H groups in total. The van der Waals surface area contributed by atoms with Crippen LogP contribution in [0, 0.1) is 28.5 Å². The summed E-state index contributed by atoms with van der Waals surface area (Å²) in [5, 5.41) is 18.1. The molecule has 0 unspecified atom stereocenters. The van der Waals surface area contributed by atoms with E-state index in [-0.39, 0.29) is 5.56 Å². The van der Waals surface area contributed by atoms with E-state index in [0.29, 0.717) is 11.3 Å². The number of hydrogen-bond donors (Lipinski definition) is 0. The summed E-state index contributed by atoms with van der Waals surface area (Å²) in [7, 11) is 0. The summed E-state index contributed by atoms with van der Waals surface area (Å²) < 4.78 is 13.6. The standard InChI is InChI=1S/C13H12FN3.C2H6/c14-12-5-4-10(8-15)13(11(12)9-16)17-6-2-1-3-7-17;1-2/h4-5H,1-3,6-7H2;1-2H3. The van der Waals surface area contributed by atoms with Crippen molar-refractivity contribution in [1.82, 2.24) is 0 Å². The summed E-state index contributed by atoms with van der Waals surface area (Å²) >= 11 is 0. The Morgan fingerprint density at radius 2 is 1.68 bits per heavy atom. The van der Waals surface area contributed by atoms with Crippen LogP contribution in [0.25, 0.3) is 0 Å². The molecule has 3 nitrogen and oxygen atoms in total. The average molecular weight is 259 g/mol. The molecule has 2 rings (SSSR count). The molecule has 0 spiro atoms. The van der Waals surface area contributed by atoms with Crippen molar-refractivity contribution >= 4 is 5.69 Å². The zero-order valence-corrected chi connectivity index (χ0v) is 11.4. The van der Waals surface area contributed by atoms with Crippen molar-refractivity contribution in [2.45, 2.75) is 33.1 Å². The molecular weight excluding hydrogens is 241 g/mol. The third-order valence-electron chi connectivity index (χ3n) is 3.03. The van der Waals surface area contributed by atoms with Crippen molar-refractivity contribution in [2.75, 3.05) is 18.0 Å². The fourth-order valence-electron chi connectivity index (χ4n) is 2.21. The molecule has 0 aromatic heterocycles. The number of rotatable bonds is 1. The Morgan fingerprint density at radius 3 is 2.21 bits per heavy atom. The zero-order chi connectivity index (χ0) is 14.3. The van der Waals surface area contributed by atoms with Crippen molar-refractivity contribution in [3.8, 4) is 12.1 Å². The summed E-state index contributed by atoms with van der Waals surface area (Å²) in [5.74, 6) is -0.549. The van der Waals surface area contributed by atoms with Crippen LogP contribution in [0.15, 0.2) is 12.1 Å². The van der Waals surface area contributed by atoms with E-state index in [9.17, 15) is 4.39 Å². The van der Waals surface area contributed by atoms with E-state index in [1.165, 1.54) is 12.1 Å². The van der Waals surface area contributed by atoms with E-state index in [0.717, 1.165) is 32.4 Å². The molecule has 100 valence electrons. The van der Waals surface area contributed by atoms with Crippen molar-refractivity contribution in [1.29, 1.82) is 10.5 Å². The van der Waals surface area contributed by atoms with Gasteiger partial charge in [-0.1, -0.05) is 13.8 Å². The summed E-state index contributed by atoms with van der Waals surface area (Å²) in [6.45, 7) is 5.57. The second-order valence-electron chi connectivity index (χ2n) is 4.09. The van der Waals surface area contributed by atoms with E-state index in [4.69, 9.17) is 10.5 Å². The Morgan fingerprint density at radius 1 is 1.05 bits per heavy atom. The van der Waals surface area contributed by atoms with Gasteiger partial charge in [0.2, 0.25) is 0 Å². The molecule has 0 radical (unpaired) electrons. The summed E-state index contributed by atoms with van der Waals surface area (Å²) in [6, 6.07) is 6.53. The SMILES string of the molecule is CC.N#Cc1ccc(F)c(C#N)c1N1CCCCC1. The maximum absolute atomic E-state index is 13.6. The molecule has 1 aromatic carbocycles. The van der Waals surface area contributed by atoms with Crippen LogP contribution in [-0.4, -0.2) is 13.1 Å². The molecule has 4 heteroatoms. The Balaban J connectivity index is 0.000000861. The fraction of sp³-hybridized carbons (Fsp3) is 0.467. The van der Waals surface area contributed by atoms with E-state index < -0.39 is 5.82 Å². The van der Waals surface area contributed by atoms with Gasteiger partial charge in [-0.05, 0) is 31.4 Å². The van der Waals surface area contributed by atoms with Gasteiger partial charge in [0.1, 0.15) is 23.5 Å². The Bertz CT molecular complexity index is 505. The fourth-order valence-corrected chi connectivity index (χ4v) is 2.21. The van der Waals surface area contributed by atoms with E-state index in [2.05, 4.69) is 0 Å². The van der Waals surface area contributed by atoms with E-state index >= 15 is 0 Å². The van der Waals surface area contributed by atoms with Gasteiger partial charge in [0.25, 0.3) is 0 Å². The first kappa shape index (κ1) is 15.0. The lowest BCUT2D eigenvalue weighted by Gasteiger charge is -2.30. The van der Waals surface area contributed by atoms with Gasteiger partial charge in [-0.25, -0.2) is 4.39 Å². The smallest absolute Gasteiger partial charge is 0.143 e. The van der Waals surface area contributed by atoms with E-state index in [1.54, 1.807) is 0 Å². The maximum Gasteiger partial charge on any atom is 0.143 e. The lowest BCUT2D eigenvalue weighted by Crippen LogP contribution is -2.31. The van der Waals surface area contributed by atoms with Crippen molar-refractivity contribution < 1.29 is 4.39 Å². The second kappa shape index (κ2) is 7.38. The summed E-state index contributed by atoms with van der Waals surface area (Å²) in [4.78, 5) is 1.95. The highest BCUT2D eigenvalue weighted by atomic mass is 19.1. The van der Waals surface area contributed by atoms with Crippen LogP contribution < -0.4 is 4.90 Å². The van der Waals surface area contributed by atoms with Crippen LogP contribution in [0.1, 0.15) is 44.2 Å². The van der Waals surface area contributed by atoms with Gasteiger partial charge in [-0.2, -0.15) is 10.5 Å². The first-order valence-corrected chi connectivity index (χ1v) is 6.65. The van der Waals surface area contributed by atoms with Gasteiger partial charge >= 0.3 is 0 Å². The normalized spacial score (nSPS) is 13.8. The Labute approximate surface area is 113 Å². The largest absolute Gasteiger partial charge is 0.369 e. The zero-order valence-electron chi connectivity index (χ0n) is 11.4. The van der Waals surface area contributed by atoms with Gasteiger partial charge in [0.15, 0.2) is 0 Å². The molecule has 0 atom stereocenters. The highest BCUT2D eigenvalue weighted by Crippen LogP contribution is 2.29. The monoisotopic (exact) mass is 259 g/mol. The number of halogens is 1. The first-order chi connectivity index (χ1) is 9.27. The van der Waals surface area contributed by atoms with E-state index in [1.807, 2.05) is 30.9 Å². The van der Waals surface area contributed by atoms with Crippen molar-refractivity contribution in [3.05, 3.63) is 29.1 Å². The molecule has 0 amide bonds. The van der Waals surface area contributed by atoms with Crippen molar-refractivity contribution in [2.24, 2.45) is 0 Å². The lowest BCUT2D eigenvalue weighted by molar-refractivity contribution is 0.572. The predicted octanol–water partition coefficient (Wildman–Crippen LogP) is 3.59. The van der Waals surface area contributed by atoms with Gasteiger partial charge in [0, 0.05) is 13.1 Å². The number of nitriles is 2. The Hall–Kier alpha value is -2.07. The minimum Gasteiger partial charge on any atom is -0.369 e. The third kappa shape index (κ3) is 3.23. The molecule has 1 fully saturated rings. The molecule has 0 bridgehead atoms. The molecule has 1 aromatic rings. The maximum atomic E-state index is 13.6. The minimum absolute atomic E-state index is 0.00838. The van der Waals surface area contributed by atoms with Crippen LogP contribution in [-0.2, 0) is 0 Å². The van der Waals surface area contributed by atoms with Gasteiger partial charge in [0.05, 0.1) is 11.3 Å². The van der Waals surface area contributed by atoms with Crippen LogP contribution in [0.4, 0.5) is 10.1 Å². The first-order valence-electron chi connectivity index (χ1n) is 6.65. The molecule has 1 saturated heterocycles. The highest BCUT2D eigenvalue weighted by Gasteiger charge is 2.20. The van der Waals surface area contributed by atoms with Gasteiger partial charge in [-0.3, -0.25) is 0 Å². The number of nitrogens with zero attached hydrogens (tertiary/aromatic N) is 3. The molecule has 0 aliphatic carbocycles. The van der Waals surface area contributed by atoms with Gasteiger partial charge in [-0.15, -0.1) is 0 Å². The Kier molecular flexibility index (Phi) is 5.82. The molecule has 19 heavy (non-hydrogen) atoms. The summed E-state index contributed by atoms with van der Waals surface area (Å²) in [6.07, 6.45) is 3.19. The molecule has 0 saturated carbocycles. The topological polar surface area (TPSA) is 50.8 Å². The third-order valence-corrected chi connectivity index (χ3v) is 3.03. The minimum atomic E-state index is -0.549. The molecule has 1 aliphatic rings. The molecular formula is C15H18FN3. The lowest BCUT2D eigenvalue weighted by atomic mass is 10.0. The summed E-state index contributed by atoms with van der Waals surface area (Å²) in [5.41, 5.74) is 0.838. The number of benzene rings is 1. The number of anilines is 1.